The number of halogens is 4. The normalized spacial score (nSPS) is 24.5. The Morgan fingerprint density at radius 1 is 1.16 bits per heavy atom. The highest BCUT2D eigenvalue weighted by molar-refractivity contribution is 7.13. The second-order valence-electron chi connectivity index (χ2n) is 8.23. The molecule has 0 radical (unpaired) electrons. The number of hydrogen-bond acceptors (Lipinski definition) is 10. The summed E-state index contributed by atoms with van der Waals surface area (Å²) in [6.07, 6.45) is -7.59. The van der Waals surface area contributed by atoms with Crippen molar-refractivity contribution >= 4 is 28.1 Å². The number of hydrogen-bond donors (Lipinski definition) is 4. The zero-order valence-electron chi connectivity index (χ0n) is 18.6. The topological polar surface area (TPSA) is 157 Å². The Kier molecular flexibility index (Phi) is 6.68. The molecular weight excluding hydrogens is 539 g/mol. The zero-order valence-corrected chi connectivity index (χ0v) is 20.1. The molecule has 4 aromatic rings. The van der Waals surface area contributed by atoms with Gasteiger partial charge in [0.15, 0.2) is 5.13 Å². The molecule has 1 aliphatic heterocycles. The Morgan fingerprint density at radius 2 is 1.95 bits per heavy atom. The molecule has 0 amide bonds. The lowest BCUT2D eigenvalue weighted by atomic mass is 9.91. The molecule has 5 atom stereocenters. The van der Waals surface area contributed by atoms with E-state index in [-0.39, 0.29) is 16.4 Å². The van der Waals surface area contributed by atoms with Crippen LogP contribution in [-0.4, -0.2) is 70.0 Å². The van der Waals surface area contributed by atoms with E-state index in [4.69, 9.17) is 22.1 Å². The molecule has 0 spiro atoms. The van der Waals surface area contributed by atoms with Gasteiger partial charge in [-0.15, -0.1) is 16.4 Å². The molecule has 3 aromatic heterocycles. The molecule has 0 bridgehead atoms. The first-order valence-electron chi connectivity index (χ1n) is 10.7. The predicted molar refractivity (Wildman–Crippen MR) is 125 cm³/mol. The molecule has 37 heavy (non-hydrogen) atoms. The van der Waals surface area contributed by atoms with Crippen LogP contribution in [0.4, 0.5) is 18.3 Å². The third-order valence-electron chi connectivity index (χ3n) is 5.95. The number of aliphatic hydroxyl groups excluding tert-OH is 3. The van der Waals surface area contributed by atoms with E-state index in [1.165, 1.54) is 34.5 Å². The maximum Gasteiger partial charge on any atom is 0.418 e. The summed E-state index contributed by atoms with van der Waals surface area (Å²) in [6, 6.07) is 3.19. The summed E-state index contributed by atoms with van der Waals surface area (Å²) in [7, 11) is 0. The van der Waals surface area contributed by atoms with Crippen molar-refractivity contribution in [3.05, 3.63) is 58.3 Å². The van der Waals surface area contributed by atoms with Gasteiger partial charge in [0.1, 0.15) is 41.8 Å². The molecule has 2 unspecified atom stereocenters. The monoisotopic (exact) mass is 557 g/mol. The van der Waals surface area contributed by atoms with Gasteiger partial charge in [0.25, 0.3) is 0 Å². The minimum atomic E-state index is -4.72. The number of ether oxygens (including phenoxy) is 1. The van der Waals surface area contributed by atoms with Crippen LogP contribution in [-0.2, 0) is 10.9 Å². The summed E-state index contributed by atoms with van der Waals surface area (Å²) in [5.41, 5.74) is 5.05. The summed E-state index contributed by atoms with van der Waals surface area (Å²) >= 11 is 7.18. The van der Waals surface area contributed by atoms with E-state index in [0.29, 0.717) is 16.5 Å². The quantitative estimate of drug-likeness (QED) is 0.289. The van der Waals surface area contributed by atoms with Crippen LogP contribution in [0.3, 0.4) is 0 Å². The summed E-state index contributed by atoms with van der Waals surface area (Å²) in [5, 5.41) is 46.1. The van der Waals surface area contributed by atoms with Crippen LogP contribution in [0.1, 0.15) is 23.4 Å². The highest BCUT2D eigenvalue weighted by atomic mass is 35.5. The first-order valence-corrected chi connectivity index (χ1v) is 12.0. The lowest BCUT2D eigenvalue weighted by Gasteiger charge is -2.42. The van der Waals surface area contributed by atoms with Gasteiger partial charge in [-0.05, 0) is 24.3 Å². The summed E-state index contributed by atoms with van der Waals surface area (Å²) < 4.78 is 49.2. The van der Waals surface area contributed by atoms with Crippen LogP contribution in [0.25, 0.3) is 17.1 Å². The number of rotatable bonds is 5. The first-order chi connectivity index (χ1) is 17.6. The fourth-order valence-electron chi connectivity index (χ4n) is 4.25. The van der Waals surface area contributed by atoms with Crippen molar-refractivity contribution in [1.29, 1.82) is 0 Å². The van der Waals surface area contributed by atoms with Crippen molar-refractivity contribution in [3.8, 4) is 17.1 Å². The fourth-order valence-corrected chi connectivity index (χ4v) is 4.98. The third kappa shape index (κ3) is 4.69. The standard InChI is InChI=1S/C21H19ClF3N7O4S/c22-9-1-2-10(21(23,24)25)14(5-9)32-13(3-4-27-32)19-18(35)16(17(34)15(7-33)36-19)31-6-11(29-30-31)12-8-37-20(26)28-12/h1-6,8,15-19,33-35H,7H2,(H2,26,28)/t15?,16-,17-,18?,19-/m0/s1. The zero-order chi connectivity index (χ0) is 26.5. The van der Waals surface area contributed by atoms with Crippen LogP contribution < -0.4 is 5.73 Å². The van der Waals surface area contributed by atoms with Gasteiger partial charge in [0.2, 0.25) is 0 Å². The van der Waals surface area contributed by atoms with Crippen LogP contribution in [0.5, 0.6) is 0 Å². The molecule has 1 fully saturated rings. The molecule has 11 nitrogen and oxygen atoms in total. The van der Waals surface area contributed by atoms with Gasteiger partial charge >= 0.3 is 6.18 Å². The van der Waals surface area contributed by atoms with Crippen LogP contribution in [0.2, 0.25) is 5.02 Å². The Labute approximate surface area is 215 Å². The number of thiazole rings is 1. The van der Waals surface area contributed by atoms with Crippen molar-refractivity contribution in [2.45, 2.75) is 36.6 Å². The smallest absolute Gasteiger partial charge is 0.394 e. The van der Waals surface area contributed by atoms with E-state index in [9.17, 15) is 28.5 Å². The van der Waals surface area contributed by atoms with Gasteiger partial charge in [0, 0.05) is 16.6 Å². The van der Waals surface area contributed by atoms with Gasteiger partial charge in [-0.25, -0.2) is 14.3 Å². The number of aliphatic hydroxyl groups is 3. The van der Waals surface area contributed by atoms with Gasteiger partial charge in [0.05, 0.1) is 29.7 Å². The Balaban J connectivity index is 1.55. The lowest BCUT2D eigenvalue weighted by molar-refractivity contribution is -0.209. The second-order valence-corrected chi connectivity index (χ2v) is 9.56. The molecule has 1 aliphatic rings. The van der Waals surface area contributed by atoms with E-state index in [1.54, 1.807) is 5.38 Å². The summed E-state index contributed by atoms with van der Waals surface area (Å²) in [4.78, 5) is 4.12. The van der Waals surface area contributed by atoms with Gasteiger partial charge in [-0.2, -0.15) is 18.3 Å². The van der Waals surface area contributed by atoms with E-state index >= 15 is 0 Å². The highest BCUT2D eigenvalue weighted by Gasteiger charge is 2.48. The van der Waals surface area contributed by atoms with E-state index in [2.05, 4.69) is 20.4 Å². The number of benzene rings is 1. The van der Waals surface area contributed by atoms with Gasteiger partial charge < -0.3 is 25.8 Å². The molecule has 5 rings (SSSR count). The molecule has 5 N–H and O–H groups in total. The molecule has 1 aromatic carbocycles. The van der Waals surface area contributed by atoms with E-state index in [0.717, 1.165) is 22.9 Å². The highest BCUT2D eigenvalue weighted by Crippen LogP contribution is 2.41. The predicted octanol–water partition coefficient (Wildman–Crippen LogP) is 2.24. The van der Waals surface area contributed by atoms with Gasteiger partial charge in [-0.3, -0.25) is 0 Å². The van der Waals surface area contributed by atoms with Crippen LogP contribution in [0, 0.1) is 0 Å². The van der Waals surface area contributed by atoms with Crippen LogP contribution in [0.15, 0.2) is 42.0 Å². The lowest BCUT2D eigenvalue weighted by Crippen LogP contribution is -2.53. The molecular formula is C21H19ClF3N7O4S. The molecule has 1 saturated heterocycles. The first kappa shape index (κ1) is 25.6. The van der Waals surface area contributed by atoms with Crippen molar-refractivity contribution in [2.24, 2.45) is 0 Å². The molecule has 16 heteroatoms. The minimum absolute atomic E-state index is 0.0308. The van der Waals surface area contributed by atoms with Crippen molar-refractivity contribution in [1.82, 2.24) is 29.8 Å². The number of anilines is 1. The van der Waals surface area contributed by atoms with Gasteiger partial charge in [-0.1, -0.05) is 16.8 Å². The van der Waals surface area contributed by atoms with E-state index in [1.807, 2.05) is 0 Å². The third-order valence-corrected chi connectivity index (χ3v) is 6.86. The van der Waals surface area contributed by atoms with Crippen LogP contribution >= 0.6 is 22.9 Å². The Bertz CT molecular complexity index is 1410. The number of nitrogen functional groups attached to an aromatic ring is 1. The fraction of sp³-hybridized carbons (Fsp3) is 0.333. The number of aromatic nitrogens is 6. The molecule has 0 aliphatic carbocycles. The summed E-state index contributed by atoms with van der Waals surface area (Å²) in [5.74, 6) is 0. The Hall–Kier alpha value is -3.08. The maximum absolute atomic E-state index is 13.8. The average Bonchev–Trinajstić information content (AvgIpc) is 3.59. The van der Waals surface area contributed by atoms with E-state index < -0.39 is 48.8 Å². The maximum atomic E-state index is 13.8. The van der Waals surface area contributed by atoms with Crippen molar-refractivity contribution < 1.29 is 33.2 Å². The minimum Gasteiger partial charge on any atom is -0.394 e. The summed E-state index contributed by atoms with van der Waals surface area (Å²) in [6.45, 7) is -0.649. The van der Waals surface area contributed by atoms with Crippen molar-refractivity contribution in [2.75, 3.05) is 12.3 Å². The molecule has 196 valence electrons. The SMILES string of the molecule is Nc1nc(-c2cn([C@@H]3C(O)[C@H](c4ccnn4-c4cc(Cl)ccc4C(F)(F)F)OC(CO)[C@@H]3O)nn2)cs1. The number of nitrogens with zero attached hydrogens (tertiary/aromatic N) is 6. The Morgan fingerprint density at radius 3 is 2.62 bits per heavy atom. The molecule has 4 heterocycles. The molecule has 0 saturated carbocycles. The average molecular weight is 558 g/mol. The largest absolute Gasteiger partial charge is 0.418 e. The number of alkyl halides is 3. The number of nitrogens with two attached hydrogens (primary N) is 1. The second kappa shape index (κ2) is 9.66. The van der Waals surface area contributed by atoms with Crippen molar-refractivity contribution in [3.63, 3.8) is 0 Å².